The number of benzene rings is 1. The second kappa shape index (κ2) is 3.61. The molecule has 13 heavy (non-hydrogen) atoms. The van der Waals surface area contributed by atoms with E-state index in [2.05, 4.69) is 49.4 Å². The highest BCUT2D eigenvalue weighted by molar-refractivity contribution is 5.85. The van der Waals surface area contributed by atoms with Crippen molar-refractivity contribution in [3.05, 3.63) is 47.0 Å². The summed E-state index contributed by atoms with van der Waals surface area (Å²) in [6.07, 6.45) is 11.0. The second-order valence-corrected chi connectivity index (χ2v) is 3.40. The zero-order chi connectivity index (χ0) is 9.10. The Labute approximate surface area is 79.6 Å². The fraction of sp³-hybridized carbons (Fsp3) is 0.231. The van der Waals surface area contributed by atoms with Gasteiger partial charge in [-0.3, -0.25) is 0 Å². The van der Waals surface area contributed by atoms with E-state index < -0.39 is 0 Å². The van der Waals surface area contributed by atoms with Crippen molar-refractivity contribution in [2.45, 2.75) is 19.8 Å². The Morgan fingerprint density at radius 1 is 1.15 bits per heavy atom. The maximum absolute atomic E-state index is 2.29. The van der Waals surface area contributed by atoms with Crippen LogP contribution in [0.2, 0.25) is 0 Å². The van der Waals surface area contributed by atoms with Gasteiger partial charge < -0.3 is 0 Å². The Hall–Kier alpha value is -1.30. The van der Waals surface area contributed by atoms with Gasteiger partial charge in [-0.15, -0.1) is 0 Å². The first-order chi connectivity index (χ1) is 6.40. The van der Waals surface area contributed by atoms with Crippen LogP contribution in [0, 0.1) is 0 Å². The fourth-order valence-electron chi connectivity index (χ4n) is 1.58. The van der Waals surface area contributed by atoms with Crippen molar-refractivity contribution >= 4 is 12.2 Å². The minimum Gasteiger partial charge on any atom is -0.0917 e. The summed E-state index contributed by atoms with van der Waals surface area (Å²) in [4.78, 5) is 0. The van der Waals surface area contributed by atoms with E-state index in [0.717, 1.165) is 12.8 Å². The van der Waals surface area contributed by atoms with Gasteiger partial charge in [0.1, 0.15) is 0 Å². The van der Waals surface area contributed by atoms with Crippen molar-refractivity contribution in [1.82, 2.24) is 0 Å². The molecule has 0 amide bonds. The van der Waals surface area contributed by atoms with Crippen molar-refractivity contribution in [3.63, 3.8) is 0 Å². The molecule has 0 nitrogen and oxygen atoms in total. The topological polar surface area (TPSA) is 0 Å². The molecule has 0 unspecified atom stereocenters. The molecule has 0 spiro atoms. The van der Waals surface area contributed by atoms with Crippen molar-refractivity contribution in [3.8, 4) is 0 Å². The molecule has 0 N–H and O–H groups in total. The van der Waals surface area contributed by atoms with Gasteiger partial charge in [-0.2, -0.15) is 0 Å². The van der Waals surface area contributed by atoms with Crippen LogP contribution in [-0.4, -0.2) is 0 Å². The molecule has 0 atom stereocenters. The Kier molecular flexibility index (Phi) is 2.31. The molecule has 2 rings (SSSR count). The van der Waals surface area contributed by atoms with Crippen molar-refractivity contribution in [2.24, 2.45) is 0 Å². The second-order valence-electron chi connectivity index (χ2n) is 3.40. The van der Waals surface area contributed by atoms with Gasteiger partial charge in [0.2, 0.25) is 0 Å². The van der Waals surface area contributed by atoms with E-state index in [1.165, 1.54) is 16.7 Å². The maximum Gasteiger partial charge on any atom is -0.0181 e. The highest BCUT2D eigenvalue weighted by atomic mass is 14.1. The molecule has 0 aromatic heterocycles. The largest absolute Gasteiger partial charge is 0.0917 e. The van der Waals surface area contributed by atoms with E-state index in [4.69, 9.17) is 0 Å². The third kappa shape index (κ3) is 1.72. The molecule has 0 heteroatoms. The summed E-state index contributed by atoms with van der Waals surface area (Å²) in [5.41, 5.74) is 4.23. The normalized spacial score (nSPS) is 13.0. The van der Waals surface area contributed by atoms with E-state index in [1.54, 1.807) is 0 Å². The summed E-state index contributed by atoms with van der Waals surface area (Å²) in [7, 11) is 0. The molecule has 0 saturated heterocycles. The zero-order valence-electron chi connectivity index (χ0n) is 7.96. The summed E-state index contributed by atoms with van der Waals surface area (Å²) >= 11 is 0. The first kappa shape index (κ1) is 8.31. The Morgan fingerprint density at radius 2 is 2.00 bits per heavy atom. The van der Waals surface area contributed by atoms with Gasteiger partial charge in [0.05, 0.1) is 0 Å². The molecule has 1 aromatic rings. The van der Waals surface area contributed by atoms with Crippen molar-refractivity contribution in [1.29, 1.82) is 0 Å². The zero-order valence-corrected chi connectivity index (χ0v) is 7.96. The molecule has 0 bridgehead atoms. The monoisotopic (exact) mass is 170 g/mol. The highest BCUT2D eigenvalue weighted by Gasteiger charge is 2.04. The molecular formula is C13H14. The molecule has 0 heterocycles. The van der Waals surface area contributed by atoms with E-state index in [9.17, 15) is 0 Å². The number of hydrogen-bond acceptors (Lipinski definition) is 0. The summed E-state index contributed by atoms with van der Waals surface area (Å²) in [5, 5.41) is 0. The van der Waals surface area contributed by atoms with Gasteiger partial charge in [0.25, 0.3) is 0 Å². The number of fused-ring (bicyclic) bond motifs is 1. The van der Waals surface area contributed by atoms with Crippen LogP contribution < -0.4 is 0 Å². The minimum atomic E-state index is 1.15. The first-order valence-electron chi connectivity index (χ1n) is 4.82. The predicted octanol–water partition coefficient (Wildman–Crippen LogP) is 3.68. The molecule has 0 radical (unpaired) electrons. The van der Waals surface area contributed by atoms with Gasteiger partial charge in [-0.1, -0.05) is 42.5 Å². The van der Waals surface area contributed by atoms with Crippen molar-refractivity contribution < 1.29 is 0 Å². The molecule has 0 saturated carbocycles. The summed E-state index contributed by atoms with van der Waals surface area (Å²) in [5.74, 6) is 0. The maximum atomic E-state index is 2.29. The predicted molar refractivity (Wildman–Crippen MR) is 58.5 cm³/mol. The lowest BCUT2D eigenvalue weighted by Gasteiger charge is -2.11. The van der Waals surface area contributed by atoms with E-state index >= 15 is 0 Å². The quantitative estimate of drug-likeness (QED) is 0.616. The van der Waals surface area contributed by atoms with Gasteiger partial charge in [-0.05, 0) is 36.5 Å². The average molecular weight is 170 g/mol. The van der Waals surface area contributed by atoms with Crippen LogP contribution in [0.15, 0.2) is 30.4 Å². The van der Waals surface area contributed by atoms with Gasteiger partial charge in [0.15, 0.2) is 0 Å². The SMILES string of the molecule is CC=CCCc1ccc2c(c1)C=C2. The van der Waals surface area contributed by atoms with Gasteiger partial charge in [0, 0.05) is 0 Å². The summed E-state index contributed by atoms with van der Waals surface area (Å²) in [6, 6.07) is 6.73. The van der Waals surface area contributed by atoms with E-state index in [0.29, 0.717) is 0 Å². The molecule has 0 aliphatic heterocycles. The van der Waals surface area contributed by atoms with Crippen LogP contribution in [0.3, 0.4) is 0 Å². The molecule has 1 aliphatic rings. The van der Waals surface area contributed by atoms with Crippen LogP contribution in [0.25, 0.3) is 12.2 Å². The van der Waals surface area contributed by atoms with Crippen LogP contribution in [0.1, 0.15) is 30.0 Å². The van der Waals surface area contributed by atoms with Crippen LogP contribution in [-0.2, 0) is 6.42 Å². The first-order valence-corrected chi connectivity index (χ1v) is 4.82. The Morgan fingerprint density at radius 3 is 2.62 bits per heavy atom. The summed E-state index contributed by atoms with van der Waals surface area (Å²) < 4.78 is 0. The highest BCUT2D eigenvalue weighted by Crippen LogP contribution is 2.24. The lowest BCUT2D eigenvalue weighted by molar-refractivity contribution is 0.998. The molecule has 1 aliphatic carbocycles. The van der Waals surface area contributed by atoms with E-state index in [1.807, 2.05) is 0 Å². The van der Waals surface area contributed by atoms with Crippen LogP contribution in [0.4, 0.5) is 0 Å². The third-order valence-corrected chi connectivity index (χ3v) is 2.43. The van der Waals surface area contributed by atoms with Crippen LogP contribution in [0.5, 0.6) is 0 Å². The standard InChI is InChI=1S/C13H14/c1-2-3-4-5-11-6-7-12-8-9-13(12)10-11/h2-3,6-10H,4-5H2,1H3. The average Bonchev–Trinajstić information content (AvgIpc) is 2.10. The van der Waals surface area contributed by atoms with Gasteiger partial charge >= 0.3 is 0 Å². The number of allylic oxidation sites excluding steroid dienone is 2. The molecule has 0 fully saturated rings. The third-order valence-electron chi connectivity index (χ3n) is 2.43. The number of rotatable bonds is 3. The lowest BCUT2D eigenvalue weighted by Crippen LogP contribution is -1.92. The van der Waals surface area contributed by atoms with Gasteiger partial charge in [-0.25, -0.2) is 0 Å². The molecule has 66 valence electrons. The number of aryl methyl sites for hydroxylation is 1. The smallest absolute Gasteiger partial charge is 0.0181 e. The molecule has 1 aromatic carbocycles. The lowest BCUT2D eigenvalue weighted by atomic mass is 9.94. The summed E-state index contributed by atoms with van der Waals surface area (Å²) in [6.45, 7) is 2.07. The fourth-order valence-corrected chi connectivity index (χ4v) is 1.58. The Bertz CT molecular complexity index is 356. The molecular weight excluding hydrogens is 156 g/mol. The van der Waals surface area contributed by atoms with E-state index in [-0.39, 0.29) is 0 Å². The van der Waals surface area contributed by atoms with Crippen molar-refractivity contribution in [2.75, 3.05) is 0 Å². The number of hydrogen-bond donors (Lipinski definition) is 0. The van der Waals surface area contributed by atoms with Crippen LogP contribution >= 0.6 is 0 Å². The Balaban J connectivity index is 2.03. The minimum absolute atomic E-state index is 1.15.